The predicted molar refractivity (Wildman–Crippen MR) is 222 cm³/mol. The van der Waals surface area contributed by atoms with Gasteiger partial charge in [-0.15, -0.1) is 0 Å². The van der Waals surface area contributed by atoms with Crippen LogP contribution in [0.15, 0.2) is 24.3 Å². The number of rotatable bonds is 40. The van der Waals surface area contributed by atoms with E-state index in [4.69, 9.17) is 14.2 Å². The second kappa shape index (κ2) is 37.7. The van der Waals surface area contributed by atoms with Crippen LogP contribution in [0.4, 0.5) is 0 Å². The fourth-order valence-electron chi connectivity index (χ4n) is 6.64. The number of ether oxygens (including phenoxy) is 3. The van der Waals surface area contributed by atoms with Crippen LogP contribution in [-0.4, -0.2) is 75.5 Å². The Kier molecular flexibility index (Phi) is 36.2. The standard InChI is InChI=1S/C46H85NO7/c1-6-8-10-12-14-16-17-18-19-20-21-22-23-24-25-26-27-29-30-32-34-36-44(48)53-41-42(40-52-39-38-43(46(50)51)47(3,4)5)54-45(49)37-35-33-31-28-15-13-11-9-7-2/h9,11,15,28,42-43H,6-8,10,12-14,16-27,29-41H2,1-5H3/b11-9+,28-15+. The van der Waals surface area contributed by atoms with Crippen molar-refractivity contribution in [3.8, 4) is 0 Å². The zero-order valence-electron chi connectivity index (χ0n) is 35.9. The molecule has 8 nitrogen and oxygen atoms in total. The third-order valence-corrected chi connectivity index (χ3v) is 10.1. The fourth-order valence-corrected chi connectivity index (χ4v) is 6.64. The lowest BCUT2D eigenvalue weighted by atomic mass is 10.0. The average molecular weight is 764 g/mol. The smallest absolute Gasteiger partial charge is 0.306 e. The minimum absolute atomic E-state index is 0.0311. The molecule has 0 saturated carbocycles. The van der Waals surface area contributed by atoms with E-state index < -0.39 is 18.1 Å². The molecule has 0 N–H and O–H groups in total. The lowest BCUT2D eigenvalue weighted by Gasteiger charge is -2.34. The highest BCUT2D eigenvalue weighted by atomic mass is 16.6. The number of carboxylic acids is 1. The van der Waals surface area contributed by atoms with Crippen molar-refractivity contribution in [2.75, 3.05) is 41.0 Å². The second-order valence-corrected chi connectivity index (χ2v) is 16.3. The van der Waals surface area contributed by atoms with Gasteiger partial charge in [0.1, 0.15) is 12.6 Å². The fraction of sp³-hybridized carbons (Fsp3) is 0.848. The maximum atomic E-state index is 12.6. The maximum absolute atomic E-state index is 12.6. The first-order chi connectivity index (χ1) is 26.1. The quantitative estimate of drug-likeness (QED) is 0.0265. The first-order valence-corrected chi connectivity index (χ1v) is 22.4. The van der Waals surface area contributed by atoms with E-state index in [-0.39, 0.29) is 49.1 Å². The number of nitrogens with zero attached hydrogens (tertiary/aromatic N) is 1. The molecule has 0 aromatic carbocycles. The molecule has 0 aliphatic carbocycles. The molecule has 2 unspecified atom stereocenters. The Balaban J connectivity index is 4.16. The van der Waals surface area contributed by atoms with Gasteiger partial charge in [-0.25, -0.2) is 0 Å². The van der Waals surface area contributed by atoms with Gasteiger partial charge in [0.2, 0.25) is 0 Å². The molecule has 0 aliphatic heterocycles. The maximum Gasteiger partial charge on any atom is 0.306 e. The molecule has 0 saturated heterocycles. The summed E-state index contributed by atoms with van der Waals surface area (Å²) >= 11 is 0. The summed E-state index contributed by atoms with van der Waals surface area (Å²) < 4.78 is 17.1. The van der Waals surface area contributed by atoms with Crippen molar-refractivity contribution >= 4 is 17.9 Å². The molecule has 316 valence electrons. The van der Waals surface area contributed by atoms with Crippen LogP contribution in [0.1, 0.15) is 200 Å². The van der Waals surface area contributed by atoms with Crippen LogP contribution >= 0.6 is 0 Å². The SMILES string of the molecule is CC/C=C/C/C=C/CCCCC(=O)OC(COCCC(C(=O)[O-])[N+](C)(C)C)COC(=O)CCCCCCCCCCCCCCCCCCCCCCC. The van der Waals surface area contributed by atoms with E-state index in [0.29, 0.717) is 12.8 Å². The van der Waals surface area contributed by atoms with Gasteiger partial charge in [-0.2, -0.15) is 0 Å². The molecule has 0 bridgehead atoms. The van der Waals surface area contributed by atoms with Gasteiger partial charge in [0.15, 0.2) is 6.10 Å². The van der Waals surface area contributed by atoms with Gasteiger partial charge in [0.05, 0.1) is 40.3 Å². The third-order valence-electron chi connectivity index (χ3n) is 10.1. The predicted octanol–water partition coefficient (Wildman–Crippen LogP) is 10.7. The van der Waals surface area contributed by atoms with Crippen LogP contribution in [0, 0.1) is 0 Å². The van der Waals surface area contributed by atoms with Crippen molar-refractivity contribution in [3.63, 3.8) is 0 Å². The Labute approximate surface area is 332 Å². The Hall–Kier alpha value is -2.19. The van der Waals surface area contributed by atoms with Crippen molar-refractivity contribution in [1.29, 1.82) is 0 Å². The number of allylic oxidation sites excluding steroid dienone is 4. The van der Waals surface area contributed by atoms with E-state index in [1.807, 2.05) is 0 Å². The number of hydrogen-bond acceptors (Lipinski definition) is 7. The van der Waals surface area contributed by atoms with Gasteiger partial charge in [-0.05, 0) is 38.5 Å². The van der Waals surface area contributed by atoms with E-state index >= 15 is 0 Å². The van der Waals surface area contributed by atoms with Crippen molar-refractivity contribution in [2.45, 2.75) is 212 Å². The number of carboxylic acid groups (broad SMARTS) is 1. The molecule has 0 radical (unpaired) electrons. The van der Waals surface area contributed by atoms with Gasteiger partial charge in [-0.1, -0.05) is 167 Å². The highest BCUT2D eigenvalue weighted by Crippen LogP contribution is 2.16. The van der Waals surface area contributed by atoms with Gasteiger partial charge >= 0.3 is 11.9 Å². The summed E-state index contributed by atoms with van der Waals surface area (Å²) in [7, 11) is 5.39. The van der Waals surface area contributed by atoms with Gasteiger partial charge in [-0.3, -0.25) is 9.59 Å². The lowest BCUT2D eigenvalue weighted by Crippen LogP contribution is -2.55. The number of carbonyl (C=O) groups is 3. The van der Waals surface area contributed by atoms with Gasteiger partial charge in [0.25, 0.3) is 0 Å². The molecule has 0 heterocycles. The van der Waals surface area contributed by atoms with Crippen LogP contribution in [0.3, 0.4) is 0 Å². The van der Waals surface area contributed by atoms with Crippen LogP contribution in [0.5, 0.6) is 0 Å². The lowest BCUT2D eigenvalue weighted by molar-refractivity contribution is -0.889. The first-order valence-electron chi connectivity index (χ1n) is 22.4. The summed E-state index contributed by atoms with van der Waals surface area (Å²) in [6, 6.07) is -0.727. The molecule has 8 heteroatoms. The number of carbonyl (C=O) groups excluding carboxylic acids is 3. The van der Waals surface area contributed by atoms with E-state index in [9.17, 15) is 19.5 Å². The van der Waals surface area contributed by atoms with Crippen LogP contribution < -0.4 is 5.11 Å². The van der Waals surface area contributed by atoms with Crippen LogP contribution in [0.2, 0.25) is 0 Å². The Morgan fingerprint density at radius 1 is 0.574 bits per heavy atom. The Bertz CT molecular complexity index is 942. The molecule has 54 heavy (non-hydrogen) atoms. The van der Waals surface area contributed by atoms with Gasteiger partial charge in [0, 0.05) is 19.3 Å². The number of quaternary nitrogens is 1. The topological polar surface area (TPSA) is 102 Å². The molecule has 2 atom stereocenters. The molecular formula is C46H85NO7. The Morgan fingerprint density at radius 2 is 1.04 bits per heavy atom. The summed E-state index contributed by atoms with van der Waals surface area (Å²) in [6.07, 6.45) is 40.9. The van der Waals surface area contributed by atoms with E-state index in [1.54, 1.807) is 21.1 Å². The largest absolute Gasteiger partial charge is 0.544 e. The normalized spacial score (nSPS) is 13.1. The third kappa shape index (κ3) is 35.5. The highest BCUT2D eigenvalue weighted by molar-refractivity contribution is 5.70. The number of likely N-dealkylation sites (N-methyl/N-ethyl adjacent to an activating group) is 1. The molecule has 0 aromatic heterocycles. The number of aliphatic carboxylic acids is 1. The summed E-state index contributed by atoms with van der Waals surface area (Å²) in [5.41, 5.74) is 0. The number of unbranched alkanes of at least 4 members (excludes halogenated alkanes) is 22. The van der Waals surface area contributed by atoms with Crippen molar-refractivity contribution in [3.05, 3.63) is 24.3 Å². The van der Waals surface area contributed by atoms with Crippen LogP contribution in [0.25, 0.3) is 0 Å². The minimum Gasteiger partial charge on any atom is -0.544 e. The Morgan fingerprint density at radius 3 is 1.52 bits per heavy atom. The van der Waals surface area contributed by atoms with Crippen molar-refractivity contribution < 1.29 is 38.2 Å². The van der Waals surface area contributed by atoms with E-state index in [1.165, 1.54) is 116 Å². The molecule has 0 aliphatic rings. The highest BCUT2D eigenvalue weighted by Gasteiger charge is 2.25. The minimum atomic E-state index is -1.13. The monoisotopic (exact) mass is 764 g/mol. The zero-order valence-corrected chi connectivity index (χ0v) is 35.9. The van der Waals surface area contributed by atoms with Crippen LogP contribution in [-0.2, 0) is 28.6 Å². The molecule has 0 fully saturated rings. The van der Waals surface area contributed by atoms with Gasteiger partial charge < -0.3 is 28.6 Å². The summed E-state index contributed by atoms with van der Waals surface area (Å²) in [5.74, 6) is -1.77. The average Bonchev–Trinajstić information content (AvgIpc) is 3.12. The summed E-state index contributed by atoms with van der Waals surface area (Å²) in [6.45, 7) is 4.52. The zero-order chi connectivity index (χ0) is 40.0. The van der Waals surface area contributed by atoms with E-state index in [2.05, 4.69) is 38.2 Å². The van der Waals surface area contributed by atoms with Crippen molar-refractivity contribution in [2.24, 2.45) is 0 Å². The molecular weight excluding hydrogens is 679 g/mol. The second-order valence-electron chi connectivity index (χ2n) is 16.3. The summed E-state index contributed by atoms with van der Waals surface area (Å²) in [4.78, 5) is 36.7. The molecule has 0 spiro atoms. The van der Waals surface area contributed by atoms with E-state index in [0.717, 1.165) is 44.9 Å². The molecule has 0 amide bonds. The van der Waals surface area contributed by atoms with Crippen molar-refractivity contribution in [1.82, 2.24) is 0 Å². The number of esters is 2. The first kappa shape index (κ1) is 51.8. The molecule has 0 aromatic rings. The molecule has 0 rings (SSSR count). The summed E-state index contributed by atoms with van der Waals surface area (Å²) in [5, 5.41) is 11.6. The number of hydrogen-bond donors (Lipinski definition) is 0.